The van der Waals surface area contributed by atoms with Crippen LogP contribution in [0.2, 0.25) is 0 Å². The molecule has 1 unspecified atom stereocenters. The standard InChI is InChI=1S/C27H37NO6/c1-8-9-10-11-34-26(30)22-16(2)28-18-14-27(3,4)15-19(29)24(18)23(22)17-12-20(31-5)25(33-7)21(13-17)32-6/h12-13,22-23H,8-11,14-15H2,1-7H3/t22?,23-/m0/s1. The molecule has 1 aromatic rings. The lowest BCUT2D eigenvalue weighted by molar-refractivity contribution is -0.146. The summed E-state index contributed by atoms with van der Waals surface area (Å²) in [6.45, 7) is 8.44. The topological polar surface area (TPSA) is 83.4 Å². The van der Waals surface area contributed by atoms with Crippen LogP contribution in [0.1, 0.15) is 71.3 Å². The van der Waals surface area contributed by atoms with Crippen LogP contribution in [0, 0.1) is 11.3 Å². The average molecular weight is 472 g/mol. The highest BCUT2D eigenvalue weighted by molar-refractivity contribution is 6.09. The predicted octanol–water partition coefficient (Wildman–Crippen LogP) is 5.26. The largest absolute Gasteiger partial charge is 0.493 e. The van der Waals surface area contributed by atoms with Gasteiger partial charge in [-0.15, -0.1) is 0 Å². The second kappa shape index (κ2) is 10.6. The Hall–Kier alpha value is -2.83. The van der Waals surface area contributed by atoms with Crippen molar-refractivity contribution < 1.29 is 28.5 Å². The molecule has 1 heterocycles. The maximum Gasteiger partial charge on any atom is 0.315 e. The smallest absolute Gasteiger partial charge is 0.315 e. The number of ketones is 1. The van der Waals surface area contributed by atoms with E-state index in [9.17, 15) is 9.59 Å². The minimum atomic E-state index is -0.701. The van der Waals surface area contributed by atoms with E-state index in [1.54, 1.807) is 21.3 Å². The highest BCUT2D eigenvalue weighted by Gasteiger charge is 2.46. The molecule has 0 amide bonds. The van der Waals surface area contributed by atoms with Gasteiger partial charge in [0.1, 0.15) is 5.92 Å². The Bertz CT molecular complexity index is 981. The van der Waals surface area contributed by atoms with Crippen molar-refractivity contribution in [3.05, 3.63) is 29.0 Å². The first-order valence-corrected chi connectivity index (χ1v) is 11.9. The first kappa shape index (κ1) is 25.8. The van der Waals surface area contributed by atoms with Gasteiger partial charge in [0.25, 0.3) is 0 Å². The Balaban J connectivity index is 2.15. The first-order valence-electron chi connectivity index (χ1n) is 11.9. The lowest BCUT2D eigenvalue weighted by Gasteiger charge is -2.39. The third-order valence-corrected chi connectivity index (χ3v) is 6.59. The van der Waals surface area contributed by atoms with E-state index in [0.717, 1.165) is 30.5 Å². The van der Waals surface area contributed by atoms with Crippen LogP contribution in [0.15, 0.2) is 28.4 Å². The molecule has 0 bridgehead atoms. The summed E-state index contributed by atoms with van der Waals surface area (Å²) in [5.74, 6) is -0.184. The molecule has 0 aromatic heterocycles. The van der Waals surface area contributed by atoms with E-state index in [0.29, 0.717) is 48.0 Å². The van der Waals surface area contributed by atoms with Gasteiger partial charge in [-0.05, 0) is 42.9 Å². The van der Waals surface area contributed by atoms with E-state index in [-0.39, 0.29) is 17.2 Å². The summed E-state index contributed by atoms with van der Waals surface area (Å²) in [6.07, 6.45) is 3.91. The molecular formula is C27H37NO6. The molecule has 0 saturated carbocycles. The van der Waals surface area contributed by atoms with Gasteiger partial charge in [-0.2, -0.15) is 0 Å². The molecule has 7 heteroatoms. The number of hydrogen-bond donors (Lipinski definition) is 0. The summed E-state index contributed by atoms with van der Waals surface area (Å²) in [7, 11) is 4.64. The van der Waals surface area contributed by atoms with Crippen molar-refractivity contribution in [2.24, 2.45) is 16.3 Å². The Morgan fingerprint density at radius 3 is 2.26 bits per heavy atom. The maximum absolute atomic E-state index is 13.5. The number of carbonyl (C=O) groups excluding carboxylic acids is 2. The molecule has 1 aliphatic heterocycles. The molecule has 2 aliphatic rings. The third-order valence-electron chi connectivity index (χ3n) is 6.59. The van der Waals surface area contributed by atoms with Crippen LogP contribution in [0.3, 0.4) is 0 Å². The van der Waals surface area contributed by atoms with Crippen molar-refractivity contribution in [1.82, 2.24) is 0 Å². The van der Waals surface area contributed by atoms with Crippen molar-refractivity contribution >= 4 is 17.5 Å². The van der Waals surface area contributed by atoms with Gasteiger partial charge in [0.15, 0.2) is 17.3 Å². The Morgan fingerprint density at radius 1 is 1.06 bits per heavy atom. The minimum absolute atomic E-state index is 0.0186. The van der Waals surface area contributed by atoms with Crippen molar-refractivity contribution in [3.63, 3.8) is 0 Å². The molecule has 0 saturated heterocycles. The third kappa shape index (κ3) is 5.13. The second-order valence-corrected chi connectivity index (χ2v) is 9.84. The fourth-order valence-corrected chi connectivity index (χ4v) is 5.01. The van der Waals surface area contributed by atoms with Gasteiger partial charge in [-0.25, -0.2) is 0 Å². The number of methoxy groups -OCH3 is 3. The molecule has 186 valence electrons. The van der Waals surface area contributed by atoms with E-state index >= 15 is 0 Å². The number of Topliss-reactive ketones (excluding diaryl/α,β-unsaturated/α-hetero) is 1. The molecule has 0 fully saturated rings. The molecule has 0 spiro atoms. The molecule has 34 heavy (non-hydrogen) atoms. The Labute approximate surface area is 202 Å². The van der Waals surface area contributed by atoms with E-state index in [1.165, 1.54) is 0 Å². The molecule has 1 aromatic carbocycles. The first-order chi connectivity index (χ1) is 16.2. The van der Waals surface area contributed by atoms with Gasteiger partial charge in [-0.1, -0.05) is 33.6 Å². The zero-order valence-corrected chi connectivity index (χ0v) is 21.4. The number of rotatable bonds is 9. The van der Waals surface area contributed by atoms with Gasteiger partial charge >= 0.3 is 5.97 Å². The van der Waals surface area contributed by atoms with Gasteiger partial charge in [0.05, 0.1) is 27.9 Å². The average Bonchev–Trinajstić information content (AvgIpc) is 2.78. The van der Waals surface area contributed by atoms with Crippen LogP contribution >= 0.6 is 0 Å². The van der Waals surface area contributed by atoms with Crippen LogP contribution in [-0.2, 0) is 14.3 Å². The van der Waals surface area contributed by atoms with Crippen LogP contribution in [0.5, 0.6) is 17.2 Å². The molecule has 7 nitrogen and oxygen atoms in total. The van der Waals surface area contributed by atoms with Crippen LogP contribution < -0.4 is 14.2 Å². The molecule has 0 radical (unpaired) electrons. The molecule has 3 rings (SSSR count). The predicted molar refractivity (Wildman–Crippen MR) is 131 cm³/mol. The highest BCUT2D eigenvalue weighted by atomic mass is 16.5. The van der Waals surface area contributed by atoms with Crippen LogP contribution in [0.25, 0.3) is 0 Å². The van der Waals surface area contributed by atoms with Crippen LogP contribution in [0.4, 0.5) is 0 Å². The molecule has 0 N–H and O–H groups in total. The summed E-state index contributed by atoms with van der Waals surface area (Å²) in [6, 6.07) is 3.64. The van der Waals surface area contributed by atoms with E-state index in [2.05, 4.69) is 20.8 Å². The summed E-state index contributed by atoms with van der Waals surface area (Å²) < 4.78 is 22.3. The quantitative estimate of drug-likeness (QED) is 0.361. The van der Waals surface area contributed by atoms with Gasteiger partial charge in [0, 0.05) is 29.3 Å². The zero-order valence-electron chi connectivity index (χ0n) is 21.4. The number of ether oxygens (including phenoxy) is 4. The fraction of sp³-hybridized carbons (Fsp3) is 0.593. The number of allylic oxidation sites excluding steroid dienone is 2. The zero-order chi connectivity index (χ0) is 25.0. The molecule has 1 aliphatic carbocycles. The van der Waals surface area contributed by atoms with Crippen LogP contribution in [-0.4, -0.2) is 45.4 Å². The summed E-state index contributed by atoms with van der Waals surface area (Å²) >= 11 is 0. The van der Waals surface area contributed by atoms with Gasteiger partial charge in [0.2, 0.25) is 5.75 Å². The number of unbranched alkanes of at least 4 members (excludes halogenated alkanes) is 2. The van der Waals surface area contributed by atoms with E-state index in [4.69, 9.17) is 23.9 Å². The molecule has 2 atom stereocenters. The normalized spacial score (nSPS) is 21.5. The number of aliphatic imine (C=N–C) groups is 1. The Kier molecular flexibility index (Phi) is 8.05. The lowest BCUT2D eigenvalue weighted by atomic mass is 9.67. The number of carbonyl (C=O) groups is 2. The van der Waals surface area contributed by atoms with Gasteiger partial charge < -0.3 is 18.9 Å². The monoisotopic (exact) mass is 471 g/mol. The van der Waals surface area contributed by atoms with Gasteiger partial charge in [-0.3, -0.25) is 14.6 Å². The SMILES string of the molecule is CCCCCOC(=O)C1C(C)=NC2=C(C(=O)CC(C)(C)C2)[C@H]1c1cc(OC)c(OC)c(OC)c1. The summed E-state index contributed by atoms with van der Waals surface area (Å²) in [5, 5.41) is 0. The summed E-state index contributed by atoms with van der Waals surface area (Å²) in [4.78, 5) is 31.6. The van der Waals surface area contributed by atoms with Crippen molar-refractivity contribution in [3.8, 4) is 17.2 Å². The van der Waals surface area contributed by atoms with Crippen molar-refractivity contribution in [2.45, 2.75) is 65.7 Å². The Morgan fingerprint density at radius 2 is 1.71 bits per heavy atom. The number of nitrogens with zero attached hydrogens (tertiary/aromatic N) is 1. The van der Waals surface area contributed by atoms with E-state index in [1.807, 2.05) is 19.1 Å². The van der Waals surface area contributed by atoms with Crippen molar-refractivity contribution in [1.29, 1.82) is 0 Å². The number of esters is 1. The molecular weight excluding hydrogens is 434 g/mol. The number of hydrogen-bond acceptors (Lipinski definition) is 7. The fourth-order valence-electron chi connectivity index (χ4n) is 5.01. The van der Waals surface area contributed by atoms with Crippen molar-refractivity contribution in [2.75, 3.05) is 27.9 Å². The lowest BCUT2D eigenvalue weighted by Crippen LogP contribution is -2.39. The second-order valence-electron chi connectivity index (χ2n) is 9.84. The maximum atomic E-state index is 13.5. The summed E-state index contributed by atoms with van der Waals surface area (Å²) in [5.41, 5.74) is 2.55. The highest BCUT2D eigenvalue weighted by Crippen LogP contribution is 2.50. The minimum Gasteiger partial charge on any atom is -0.493 e. The van der Waals surface area contributed by atoms with E-state index < -0.39 is 11.8 Å². The number of benzene rings is 1.